The number of aryl methyl sites for hydroxylation is 1. The molecule has 4 heteroatoms. The van der Waals surface area contributed by atoms with Crippen molar-refractivity contribution in [3.8, 4) is 0 Å². The Morgan fingerprint density at radius 3 is 2.17 bits per heavy atom. The van der Waals surface area contributed by atoms with Gasteiger partial charge in [-0.1, -0.05) is 17.7 Å². The SMILES string of the molecule is Cc1ccc(NS(C)(=O)=O)cc1.[HH]. The summed E-state index contributed by atoms with van der Waals surface area (Å²) < 4.78 is 23.9. The lowest BCUT2D eigenvalue weighted by Gasteiger charge is -2.02. The zero-order valence-corrected chi connectivity index (χ0v) is 7.85. The summed E-state index contributed by atoms with van der Waals surface area (Å²) in [6, 6.07) is 7.17. The van der Waals surface area contributed by atoms with Gasteiger partial charge >= 0.3 is 0 Å². The minimum atomic E-state index is -3.14. The number of anilines is 1. The van der Waals surface area contributed by atoms with Gasteiger partial charge in [0, 0.05) is 7.11 Å². The molecule has 0 aliphatic carbocycles. The van der Waals surface area contributed by atoms with Crippen molar-refractivity contribution in [3.63, 3.8) is 0 Å². The summed E-state index contributed by atoms with van der Waals surface area (Å²) in [5.74, 6) is 0. The van der Waals surface area contributed by atoms with Crippen molar-refractivity contribution < 1.29 is 9.84 Å². The van der Waals surface area contributed by atoms with Crippen LogP contribution in [-0.4, -0.2) is 14.7 Å². The van der Waals surface area contributed by atoms with Gasteiger partial charge in [0.25, 0.3) is 0 Å². The van der Waals surface area contributed by atoms with Crippen molar-refractivity contribution in [1.29, 1.82) is 0 Å². The van der Waals surface area contributed by atoms with E-state index in [-0.39, 0.29) is 1.43 Å². The Labute approximate surface area is 74.0 Å². The first-order valence-corrected chi connectivity index (χ1v) is 5.41. The topological polar surface area (TPSA) is 46.2 Å². The largest absolute Gasteiger partial charge is 0.284 e. The predicted octanol–water partition coefficient (Wildman–Crippen LogP) is 1.61. The number of sulfonamides is 1. The standard InChI is InChI=1S/C8H11NO2S.H2/c1-7-3-5-8(6-4-7)9-12(2,10)11;/h3-6,9H,1-2H3;1H. The van der Waals surface area contributed by atoms with E-state index in [1.165, 1.54) is 0 Å². The highest BCUT2D eigenvalue weighted by Gasteiger charge is 1.99. The van der Waals surface area contributed by atoms with E-state index in [4.69, 9.17) is 0 Å². The molecule has 0 saturated carbocycles. The lowest BCUT2D eigenvalue weighted by molar-refractivity contribution is 0.607. The van der Waals surface area contributed by atoms with Gasteiger partial charge in [-0.05, 0) is 19.1 Å². The maximum Gasteiger partial charge on any atom is 0.229 e. The molecule has 0 heterocycles. The molecule has 12 heavy (non-hydrogen) atoms. The second kappa shape index (κ2) is 3.15. The third-order valence-electron chi connectivity index (χ3n) is 1.35. The van der Waals surface area contributed by atoms with Gasteiger partial charge in [-0.2, -0.15) is 0 Å². The molecule has 3 nitrogen and oxygen atoms in total. The Kier molecular flexibility index (Phi) is 2.38. The Hall–Kier alpha value is -1.03. The van der Waals surface area contributed by atoms with Crippen LogP contribution < -0.4 is 4.72 Å². The monoisotopic (exact) mass is 187 g/mol. The van der Waals surface area contributed by atoms with E-state index in [2.05, 4.69) is 4.72 Å². The molecule has 0 radical (unpaired) electrons. The lowest BCUT2D eigenvalue weighted by atomic mass is 10.2. The van der Waals surface area contributed by atoms with E-state index in [0.717, 1.165) is 11.8 Å². The van der Waals surface area contributed by atoms with Crippen LogP contribution in [0.15, 0.2) is 24.3 Å². The number of benzene rings is 1. The number of nitrogens with one attached hydrogen (secondary N) is 1. The quantitative estimate of drug-likeness (QED) is 0.764. The van der Waals surface area contributed by atoms with Gasteiger partial charge in [0.15, 0.2) is 0 Å². The Morgan fingerprint density at radius 2 is 1.75 bits per heavy atom. The average molecular weight is 187 g/mol. The van der Waals surface area contributed by atoms with Gasteiger partial charge in [-0.15, -0.1) is 0 Å². The van der Waals surface area contributed by atoms with E-state index in [0.29, 0.717) is 5.69 Å². The third kappa shape index (κ3) is 2.92. The second-order valence-electron chi connectivity index (χ2n) is 2.74. The molecular weight excluding hydrogens is 174 g/mol. The highest BCUT2D eigenvalue weighted by molar-refractivity contribution is 7.92. The van der Waals surface area contributed by atoms with Crippen molar-refractivity contribution in [2.24, 2.45) is 0 Å². The van der Waals surface area contributed by atoms with Crippen LogP contribution in [0.25, 0.3) is 0 Å². The first kappa shape index (κ1) is 9.06. The summed E-state index contributed by atoms with van der Waals surface area (Å²) in [5, 5.41) is 0. The first-order valence-electron chi connectivity index (χ1n) is 3.52. The Morgan fingerprint density at radius 1 is 1.25 bits per heavy atom. The highest BCUT2D eigenvalue weighted by Crippen LogP contribution is 2.09. The maximum atomic E-state index is 10.8. The van der Waals surface area contributed by atoms with Gasteiger partial charge in [0.1, 0.15) is 0 Å². The molecule has 0 aliphatic heterocycles. The smallest absolute Gasteiger partial charge is 0.229 e. The number of hydrogen-bond donors (Lipinski definition) is 1. The van der Waals surface area contributed by atoms with Crippen LogP contribution in [0.5, 0.6) is 0 Å². The molecule has 68 valence electrons. The van der Waals surface area contributed by atoms with E-state index < -0.39 is 10.0 Å². The minimum absolute atomic E-state index is 0. The van der Waals surface area contributed by atoms with Gasteiger partial charge in [-0.3, -0.25) is 4.72 Å². The number of hydrogen-bond acceptors (Lipinski definition) is 2. The van der Waals surface area contributed by atoms with Crippen molar-refractivity contribution in [1.82, 2.24) is 0 Å². The minimum Gasteiger partial charge on any atom is -0.284 e. The van der Waals surface area contributed by atoms with Crippen LogP contribution in [-0.2, 0) is 10.0 Å². The molecule has 1 aromatic rings. The van der Waals surface area contributed by atoms with E-state index in [9.17, 15) is 8.42 Å². The molecule has 1 rings (SSSR count). The number of rotatable bonds is 2. The van der Waals surface area contributed by atoms with Crippen LogP contribution in [0.1, 0.15) is 6.99 Å². The fourth-order valence-electron chi connectivity index (χ4n) is 0.836. The molecule has 1 N–H and O–H groups in total. The molecule has 0 aliphatic rings. The molecule has 0 amide bonds. The Bertz CT molecular complexity index is 358. The highest BCUT2D eigenvalue weighted by atomic mass is 32.2. The van der Waals surface area contributed by atoms with Crippen LogP contribution >= 0.6 is 0 Å². The van der Waals surface area contributed by atoms with Gasteiger partial charge in [0.05, 0.1) is 6.26 Å². The van der Waals surface area contributed by atoms with Gasteiger partial charge in [0.2, 0.25) is 10.0 Å². The zero-order valence-electron chi connectivity index (χ0n) is 7.03. The fraction of sp³-hybridized carbons (Fsp3) is 0.250. The summed E-state index contributed by atoms with van der Waals surface area (Å²) in [7, 11) is -3.14. The second-order valence-corrected chi connectivity index (χ2v) is 4.49. The van der Waals surface area contributed by atoms with Crippen LogP contribution in [0.2, 0.25) is 0 Å². The van der Waals surface area contributed by atoms with E-state index >= 15 is 0 Å². The molecule has 0 unspecified atom stereocenters. The van der Waals surface area contributed by atoms with Crippen LogP contribution in [0.4, 0.5) is 5.69 Å². The molecule has 0 spiro atoms. The summed E-state index contributed by atoms with van der Waals surface area (Å²) >= 11 is 0. The summed E-state index contributed by atoms with van der Waals surface area (Å²) in [6.07, 6.45) is 1.13. The summed E-state index contributed by atoms with van der Waals surface area (Å²) in [5.41, 5.74) is 1.71. The van der Waals surface area contributed by atoms with Gasteiger partial charge < -0.3 is 0 Å². The zero-order chi connectivity index (χ0) is 9.19. The maximum absolute atomic E-state index is 10.8. The van der Waals surface area contributed by atoms with Crippen molar-refractivity contribution >= 4 is 15.7 Å². The first-order chi connectivity index (χ1) is 5.47. The molecule has 0 aromatic heterocycles. The van der Waals surface area contributed by atoms with Crippen LogP contribution in [0, 0.1) is 6.92 Å². The lowest BCUT2D eigenvalue weighted by Crippen LogP contribution is -2.09. The van der Waals surface area contributed by atoms with Crippen molar-refractivity contribution in [2.45, 2.75) is 6.92 Å². The summed E-state index contributed by atoms with van der Waals surface area (Å²) in [4.78, 5) is 0. The normalized spacial score (nSPS) is 11.2. The fourth-order valence-corrected chi connectivity index (χ4v) is 1.40. The molecule has 1 aromatic carbocycles. The van der Waals surface area contributed by atoms with Crippen LogP contribution in [0.3, 0.4) is 0 Å². The molecule has 0 fully saturated rings. The molecule has 0 saturated heterocycles. The third-order valence-corrected chi connectivity index (χ3v) is 1.96. The molecule has 0 atom stereocenters. The van der Waals surface area contributed by atoms with Crippen molar-refractivity contribution in [3.05, 3.63) is 29.8 Å². The predicted molar refractivity (Wildman–Crippen MR) is 51.8 cm³/mol. The van der Waals surface area contributed by atoms with E-state index in [1.807, 2.05) is 19.1 Å². The van der Waals surface area contributed by atoms with Gasteiger partial charge in [-0.25, -0.2) is 8.42 Å². The Balaban J connectivity index is 0.00000144. The average Bonchev–Trinajstić information content (AvgIpc) is 1.91. The van der Waals surface area contributed by atoms with Crippen molar-refractivity contribution in [2.75, 3.05) is 11.0 Å². The molecule has 0 bridgehead atoms. The molecular formula is C8H13NO2S. The summed E-state index contributed by atoms with van der Waals surface area (Å²) in [6.45, 7) is 1.95. The van der Waals surface area contributed by atoms with E-state index in [1.54, 1.807) is 12.1 Å².